The number of pyridine rings is 1. The maximum absolute atomic E-state index is 13.8. The highest BCUT2D eigenvalue weighted by atomic mass is 35.5. The average molecular weight is 335 g/mol. The van der Waals surface area contributed by atoms with Crippen molar-refractivity contribution >= 4 is 34.1 Å². The molecule has 1 heterocycles. The monoisotopic (exact) mass is 334 g/mol. The van der Waals surface area contributed by atoms with Crippen LogP contribution in [-0.2, 0) is 0 Å². The van der Waals surface area contributed by atoms with Gasteiger partial charge in [-0.05, 0) is 18.2 Å². The van der Waals surface area contributed by atoms with Crippen molar-refractivity contribution in [3.63, 3.8) is 0 Å². The number of hydrogen-bond donors (Lipinski definition) is 2. The Morgan fingerprint density at radius 3 is 2.65 bits per heavy atom. The van der Waals surface area contributed by atoms with Gasteiger partial charge >= 0.3 is 0 Å². The highest BCUT2D eigenvalue weighted by Crippen LogP contribution is 2.21. The van der Waals surface area contributed by atoms with E-state index >= 15 is 0 Å². The van der Waals surface area contributed by atoms with Crippen LogP contribution in [0.3, 0.4) is 0 Å². The van der Waals surface area contributed by atoms with Crippen molar-refractivity contribution in [2.75, 3.05) is 5.32 Å². The standard InChI is InChI=1S/C16H9ClF2N2O2/c17-10-3-1-2-4-12(10)21-16(23)9-7-20-13-6-8(18)5-11(19)14(13)15(9)22/h1-7H,(H,20,22)(H,21,23). The Morgan fingerprint density at radius 1 is 1.17 bits per heavy atom. The third kappa shape index (κ3) is 2.80. The van der Waals surface area contributed by atoms with Crippen LogP contribution in [0.15, 0.2) is 47.4 Å². The fourth-order valence-corrected chi connectivity index (χ4v) is 2.37. The molecular weight excluding hydrogens is 326 g/mol. The lowest BCUT2D eigenvalue weighted by Gasteiger charge is -2.07. The number of aromatic amines is 1. The normalized spacial score (nSPS) is 10.7. The minimum Gasteiger partial charge on any atom is -0.360 e. The van der Waals surface area contributed by atoms with Crippen LogP contribution >= 0.6 is 11.6 Å². The first kappa shape index (κ1) is 15.2. The highest BCUT2D eigenvalue weighted by molar-refractivity contribution is 6.33. The summed E-state index contributed by atoms with van der Waals surface area (Å²) in [6.07, 6.45) is 1.11. The van der Waals surface area contributed by atoms with E-state index in [2.05, 4.69) is 10.3 Å². The van der Waals surface area contributed by atoms with Gasteiger partial charge in [0.1, 0.15) is 17.2 Å². The van der Waals surface area contributed by atoms with Crippen molar-refractivity contribution < 1.29 is 13.6 Å². The average Bonchev–Trinajstić information content (AvgIpc) is 2.49. The zero-order valence-corrected chi connectivity index (χ0v) is 12.2. The first-order valence-electron chi connectivity index (χ1n) is 6.53. The van der Waals surface area contributed by atoms with Gasteiger partial charge in [-0.25, -0.2) is 8.78 Å². The number of benzene rings is 2. The third-order valence-electron chi connectivity index (χ3n) is 3.27. The van der Waals surface area contributed by atoms with Crippen LogP contribution in [0.1, 0.15) is 10.4 Å². The summed E-state index contributed by atoms with van der Waals surface area (Å²) in [7, 11) is 0. The molecule has 0 radical (unpaired) electrons. The third-order valence-corrected chi connectivity index (χ3v) is 3.59. The van der Waals surface area contributed by atoms with E-state index < -0.39 is 23.0 Å². The Balaban J connectivity index is 2.07. The smallest absolute Gasteiger partial charge is 0.261 e. The van der Waals surface area contributed by atoms with Crippen molar-refractivity contribution in [1.29, 1.82) is 0 Å². The van der Waals surface area contributed by atoms with Gasteiger partial charge in [-0.2, -0.15) is 0 Å². The summed E-state index contributed by atoms with van der Waals surface area (Å²) in [5.74, 6) is -2.60. The van der Waals surface area contributed by atoms with E-state index in [4.69, 9.17) is 11.6 Å². The van der Waals surface area contributed by atoms with Gasteiger partial charge in [-0.1, -0.05) is 23.7 Å². The minimum absolute atomic E-state index is 0.0261. The second-order valence-electron chi connectivity index (χ2n) is 4.78. The van der Waals surface area contributed by atoms with E-state index in [1.165, 1.54) is 0 Å². The molecule has 0 saturated heterocycles. The Labute approximate surface area is 133 Å². The molecule has 0 bridgehead atoms. The molecule has 7 heteroatoms. The molecule has 23 heavy (non-hydrogen) atoms. The maximum atomic E-state index is 13.8. The Kier molecular flexibility index (Phi) is 3.83. The summed E-state index contributed by atoms with van der Waals surface area (Å²) in [6.45, 7) is 0. The molecule has 3 rings (SSSR count). The van der Waals surface area contributed by atoms with Gasteiger partial charge in [0, 0.05) is 12.3 Å². The van der Waals surface area contributed by atoms with Crippen LogP contribution in [0.25, 0.3) is 10.9 Å². The van der Waals surface area contributed by atoms with Crippen LogP contribution in [0, 0.1) is 11.6 Å². The summed E-state index contributed by atoms with van der Waals surface area (Å²) in [6, 6.07) is 8.05. The predicted molar refractivity (Wildman–Crippen MR) is 83.9 cm³/mol. The van der Waals surface area contributed by atoms with Gasteiger partial charge in [0.25, 0.3) is 5.91 Å². The first-order chi connectivity index (χ1) is 11.0. The van der Waals surface area contributed by atoms with Crippen molar-refractivity contribution in [3.8, 4) is 0 Å². The zero-order chi connectivity index (χ0) is 16.6. The number of anilines is 1. The highest BCUT2D eigenvalue weighted by Gasteiger charge is 2.17. The summed E-state index contributed by atoms with van der Waals surface area (Å²) in [4.78, 5) is 27.1. The van der Waals surface area contributed by atoms with Crippen molar-refractivity contribution in [1.82, 2.24) is 4.98 Å². The topological polar surface area (TPSA) is 62.0 Å². The van der Waals surface area contributed by atoms with Crippen LogP contribution in [0.2, 0.25) is 5.02 Å². The number of rotatable bonds is 2. The SMILES string of the molecule is O=C(Nc1ccccc1Cl)c1c[nH]c2cc(F)cc(F)c2c1=O. The number of carbonyl (C=O) groups is 1. The molecule has 0 aliphatic heterocycles. The van der Waals surface area contributed by atoms with Gasteiger partial charge in [0.15, 0.2) is 0 Å². The van der Waals surface area contributed by atoms with E-state index in [9.17, 15) is 18.4 Å². The number of amides is 1. The van der Waals surface area contributed by atoms with E-state index in [-0.39, 0.29) is 16.5 Å². The first-order valence-corrected chi connectivity index (χ1v) is 6.91. The molecule has 0 spiro atoms. The van der Waals surface area contributed by atoms with Crippen molar-refractivity contribution in [3.05, 3.63) is 75.0 Å². The Morgan fingerprint density at radius 2 is 1.91 bits per heavy atom. The molecule has 116 valence electrons. The fourth-order valence-electron chi connectivity index (χ4n) is 2.19. The minimum atomic E-state index is -1.03. The molecule has 0 aliphatic carbocycles. The number of fused-ring (bicyclic) bond motifs is 1. The van der Waals surface area contributed by atoms with Crippen molar-refractivity contribution in [2.24, 2.45) is 0 Å². The summed E-state index contributed by atoms with van der Waals surface area (Å²) in [5.41, 5.74) is -0.844. The quantitative estimate of drug-likeness (QED) is 0.750. The number of para-hydroxylation sites is 1. The molecule has 2 N–H and O–H groups in total. The van der Waals surface area contributed by atoms with E-state index in [1.54, 1.807) is 24.3 Å². The fraction of sp³-hybridized carbons (Fsp3) is 0. The molecule has 2 aromatic carbocycles. The molecule has 4 nitrogen and oxygen atoms in total. The molecule has 0 aliphatic rings. The van der Waals surface area contributed by atoms with E-state index in [0.717, 1.165) is 12.3 Å². The molecule has 3 aromatic rings. The molecule has 0 fully saturated rings. The van der Waals surface area contributed by atoms with Gasteiger partial charge in [0.05, 0.1) is 21.6 Å². The number of hydrogen-bond acceptors (Lipinski definition) is 2. The zero-order valence-electron chi connectivity index (χ0n) is 11.5. The molecule has 1 amide bonds. The number of halogens is 3. The van der Waals surface area contributed by atoms with Gasteiger partial charge in [0.2, 0.25) is 5.43 Å². The molecule has 0 unspecified atom stereocenters. The second kappa shape index (κ2) is 5.81. The molecular formula is C16H9ClF2N2O2. The molecule has 0 atom stereocenters. The molecule has 1 aromatic heterocycles. The van der Waals surface area contributed by atoms with Crippen molar-refractivity contribution in [2.45, 2.75) is 0 Å². The lowest BCUT2D eigenvalue weighted by atomic mass is 10.1. The van der Waals surface area contributed by atoms with Gasteiger partial charge in [-0.3, -0.25) is 9.59 Å². The van der Waals surface area contributed by atoms with E-state index in [0.29, 0.717) is 16.8 Å². The van der Waals surface area contributed by atoms with Gasteiger partial charge < -0.3 is 10.3 Å². The number of H-pyrrole nitrogens is 1. The lowest BCUT2D eigenvalue weighted by molar-refractivity contribution is 0.102. The van der Waals surface area contributed by atoms with Crippen LogP contribution in [-0.4, -0.2) is 10.9 Å². The number of aromatic nitrogens is 1. The Bertz CT molecular complexity index is 985. The summed E-state index contributed by atoms with van der Waals surface area (Å²) >= 11 is 5.93. The van der Waals surface area contributed by atoms with Gasteiger partial charge in [-0.15, -0.1) is 0 Å². The largest absolute Gasteiger partial charge is 0.360 e. The number of nitrogens with one attached hydrogen (secondary N) is 2. The van der Waals surface area contributed by atoms with Crippen LogP contribution < -0.4 is 10.7 Å². The summed E-state index contributed by atoms with van der Waals surface area (Å²) in [5, 5.41) is 2.40. The number of carbonyl (C=O) groups excluding carboxylic acids is 1. The van der Waals surface area contributed by atoms with Crippen LogP contribution in [0.4, 0.5) is 14.5 Å². The summed E-state index contributed by atoms with van der Waals surface area (Å²) < 4.78 is 27.0. The Hall–Kier alpha value is -2.73. The predicted octanol–water partition coefficient (Wildman–Crippen LogP) is 3.71. The molecule has 0 saturated carbocycles. The lowest BCUT2D eigenvalue weighted by Crippen LogP contribution is -2.22. The maximum Gasteiger partial charge on any atom is 0.261 e. The van der Waals surface area contributed by atoms with Crippen LogP contribution in [0.5, 0.6) is 0 Å². The van der Waals surface area contributed by atoms with E-state index in [1.807, 2.05) is 0 Å². The second-order valence-corrected chi connectivity index (χ2v) is 5.18.